The first kappa shape index (κ1) is 10.8. The van der Waals surface area contributed by atoms with Crippen molar-refractivity contribution in [2.45, 2.75) is 19.4 Å². The highest BCUT2D eigenvalue weighted by Crippen LogP contribution is 2.40. The summed E-state index contributed by atoms with van der Waals surface area (Å²) in [4.78, 5) is 0. The summed E-state index contributed by atoms with van der Waals surface area (Å²) in [6.45, 7) is 1.94. The second-order valence-electron chi connectivity index (χ2n) is 2.62. The molecular weight excluding hydrogens is 281 g/mol. The van der Waals surface area contributed by atoms with Gasteiger partial charge in [-0.15, -0.1) is 11.3 Å². The molecule has 0 radical (unpaired) electrons. The van der Waals surface area contributed by atoms with E-state index in [4.69, 9.17) is 28.9 Å². The molecule has 1 nitrogen and oxygen atoms in total. The fourth-order valence-corrected chi connectivity index (χ4v) is 3.49. The van der Waals surface area contributed by atoms with E-state index in [1.807, 2.05) is 6.92 Å². The van der Waals surface area contributed by atoms with Crippen molar-refractivity contribution in [2.75, 3.05) is 0 Å². The van der Waals surface area contributed by atoms with E-state index in [1.54, 1.807) is 0 Å². The van der Waals surface area contributed by atoms with Gasteiger partial charge in [-0.2, -0.15) is 0 Å². The van der Waals surface area contributed by atoms with Crippen LogP contribution in [-0.2, 0) is 6.42 Å². The van der Waals surface area contributed by atoms with Gasteiger partial charge in [0, 0.05) is 6.04 Å². The number of nitrogens with two attached hydrogens (primary N) is 1. The summed E-state index contributed by atoms with van der Waals surface area (Å²) in [5, 5.41) is 0.630. The Hall–Kier alpha value is 0.720. The Morgan fingerprint density at radius 1 is 1.58 bits per heavy atom. The van der Waals surface area contributed by atoms with Gasteiger partial charge in [0.25, 0.3) is 0 Å². The van der Waals surface area contributed by atoms with Gasteiger partial charge in [0.05, 0.1) is 8.81 Å². The topological polar surface area (TPSA) is 26.0 Å². The number of hydrogen-bond acceptors (Lipinski definition) is 2. The lowest BCUT2D eigenvalue weighted by Gasteiger charge is -2.03. The summed E-state index contributed by atoms with van der Waals surface area (Å²) in [5.41, 5.74) is 6.67. The summed E-state index contributed by atoms with van der Waals surface area (Å²) >= 11 is 16.6. The van der Waals surface area contributed by atoms with Crippen LogP contribution in [-0.4, -0.2) is 6.04 Å². The smallest absolute Gasteiger partial charge is 0.113 e. The van der Waals surface area contributed by atoms with Gasteiger partial charge in [0.1, 0.15) is 4.34 Å². The minimum Gasteiger partial charge on any atom is -0.328 e. The van der Waals surface area contributed by atoms with Crippen molar-refractivity contribution in [2.24, 2.45) is 5.73 Å². The van der Waals surface area contributed by atoms with E-state index in [2.05, 4.69) is 15.9 Å². The monoisotopic (exact) mass is 287 g/mol. The molecule has 1 heterocycles. The second-order valence-corrected chi connectivity index (χ2v) is 5.94. The predicted molar refractivity (Wildman–Crippen MR) is 59.4 cm³/mol. The minimum absolute atomic E-state index is 0.101. The van der Waals surface area contributed by atoms with Crippen LogP contribution in [0.5, 0.6) is 0 Å². The maximum absolute atomic E-state index is 5.95. The zero-order chi connectivity index (χ0) is 9.30. The normalized spacial score (nSPS) is 13.4. The van der Waals surface area contributed by atoms with E-state index in [1.165, 1.54) is 11.3 Å². The SMILES string of the molecule is CC(N)Cc1c(Br)sc(Cl)c1Cl. The van der Waals surface area contributed by atoms with Crippen LogP contribution in [0, 0.1) is 0 Å². The molecule has 0 amide bonds. The van der Waals surface area contributed by atoms with Crippen LogP contribution in [0.25, 0.3) is 0 Å². The Balaban J connectivity index is 2.97. The third-order valence-electron chi connectivity index (χ3n) is 1.38. The third-order valence-corrected chi connectivity index (χ3v) is 4.20. The highest BCUT2D eigenvalue weighted by Gasteiger charge is 2.14. The molecular formula is C7H8BrCl2NS. The molecule has 0 aliphatic heterocycles. The molecule has 2 N–H and O–H groups in total. The predicted octanol–water partition coefficient (Wildman–Crippen LogP) is 3.71. The number of halogens is 3. The van der Waals surface area contributed by atoms with E-state index >= 15 is 0 Å². The summed E-state index contributed by atoms with van der Waals surface area (Å²) in [6.07, 6.45) is 0.753. The van der Waals surface area contributed by atoms with Gasteiger partial charge in [-0.25, -0.2) is 0 Å². The van der Waals surface area contributed by atoms with E-state index in [-0.39, 0.29) is 6.04 Å². The van der Waals surface area contributed by atoms with Crippen LogP contribution in [0.4, 0.5) is 0 Å². The Kier molecular flexibility index (Phi) is 3.86. The average molecular weight is 289 g/mol. The fraction of sp³-hybridized carbons (Fsp3) is 0.429. The largest absolute Gasteiger partial charge is 0.328 e. The van der Waals surface area contributed by atoms with Gasteiger partial charge in [-0.3, -0.25) is 0 Å². The Morgan fingerprint density at radius 3 is 2.50 bits per heavy atom. The Labute approximate surface area is 94.0 Å². The standard InChI is InChI=1S/C7H8BrCl2NS/c1-3(11)2-4-5(9)7(10)12-6(4)8/h3H,2,11H2,1H3. The van der Waals surface area contributed by atoms with Gasteiger partial charge < -0.3 is 5.73 Å². The maximum atomic E-state index is 5.95. The molecule has 1 aromatic rings. The lowest BCUT2D eigenvalue weighted by atomic mass is 10.1. The molecule has 0 saturated carbocycles. The summed E-state index contributed by atoms with van der Waals surface area (Å²) in [6, 6.07) is 0.101. The Bertz CT molecular complexity index is 285. The zero-order valence-electron chi connectivity index (χ0n) is 6.40. The summed E-state index contributed by atoms with van der Waals surface area (Å²) < 4.78 is 1.61. The molecule has 0 saturated heterocycles. The van der Waals surface area contributed by atoms with Crippen molar-refractivity contribution in [1.29, 1.82) is 0 Å². The molecule has 5 heteroatoms. The van der Waals surface area contributed by atoms with E-state index in [0.29, 0.717) is 9.36 Å². The quantitative estimate of drug-likeness (QED) is 0.882. The van der Waals surface area contributed by atoms with Crippen LogP contribution in [0.2, 0.25) is 9.36 Å². The first-order valence-electron chi connectivity index (χ1n) is 3.40. The molecule has 0 aliphatic rings. The van der Waals surface area contributed by atoms with Gasteiger partial charge in [0.15, 0.2) is 0 Å². The molecule has 1 aromatic heterocycles. The van der Waals surface area contributed by atoms with Crippen molar-refractivity contribution in [3.8, 4) is 0 Å². The van der Waals surface area contributed by atoms with Crippen molar-refractivity contribution < 1.29 is 0 Å². The van der Waals surface area contributed by atoms with E-state index < -0.39 is 0 Å². The molecule has 0 bridgehead atoms. The highest BCUT2D eigenvalue weighted by atomic mass is 79.9. The van der Waals surface area contributed by atoms with Crippen LogP contribution in [0.1, 0.15) is 12.5 Å². The molecule has 68 valence electrons. The molecule has 0 fully saturated rings. The molecule has 1 atom stereocenters. The van der Waals surface area contributed by atoms with Crippen molar-refractivity contribution in [1.82, 2.24) is 0 Å². The minimum atomic E-state index is 0.101. The molecule has 1 rings (SSSR count). The molecule has 0 spiro atoms. The van der Waals surface area contributed by atoms with Crippen LogP contribution in [0.3, 0.4) is 0 Å². The van der Waals surface area contributed by atoms with Crippen molar-refractivity contribution in [3.05, 3.63) is 18.7 Å². The summed E-state index contributed by atoms with van der Waals surface area (Å²) in [5.74, 6) is 0. The van der Waals surface area contributed by atoms with Crippen molar-refractivity contribution in [3.63, 3.8) is 0 Å². The van der Waals surface area contributed by atoms with E-state index in [0.717, 1.165) is 15.8 Å². The first-order chi connectivity index (χ1) is 5.52. The van der Waals surface area contributed by atoms with Crippen LogP contribution >= 0.6 is 50.5 Å². The number of thiophene rings is 1. The number of hydrogen-bond donors (Lipinski definition) is 1. The second kappa shape index (κ2) is 4.29. The van der Waals surface area contributed by atoms with Gasteiger partial charge in [-0.05, 0) is 34.8 Å². The van der Waals surface area contributed by atoms with Crippen LogP contribution < -0.4 is 5.73 Å². The molecule has 0 aliphatic carbocycles. The van der Waals surface area contributed by atoms with Crippen LogP contribution in [0.15, 0.2) is 3.79 Å². The Morgan fingerprint density at radius 2 is 2.17 bits per heavy atom. The molecule has 12 heavy (non-hydrogen) atoms. The van der Waals surface area contributed by atoms with E-state index in [9.17, 15) is 0 Å². The summed E-state index contributed by atoms with van der Waals surface area (Å²) in [7, 11) is 0. The molecule has 1 unspecified atom stereocenters. The van der Waals surface area contributed by atoms with Crippen molar-refractivity contribution >= 4 is 50.5 Å². The highest BCUT2D eigenvalue weighted by molar-refractivity contribution is 9.11. The zero-order valence-corrected chi connectivity index (χ0v) is 10.3. The maximum Gasteiger partial charge on any atom is 0.113 e. The van der Waals surface area contributed by atoms with Gasteiger partial charge in [0.2, 0.25) is 0 Å². The number of rotatable bonds is 2. The molecule has 0 aromatic carbocycles. The lowest BCUT2D eigenvalue weighted by Crippen LogP contribution is -2.17. The lowest BCUT2D eigenvalue weighted by molar-refractivity contribution is 0.738. The first-order valence-corrected chi connectivity index (χ1v) is 5.76. The van der Waals surface area contributed by atoms with Gasteiger partial charge in [-0.1, -0.05) is 23.2 Å². The third kappa shape index (κ3) is 2.36. The average Bonchev–Trinajstić information content (AvgIpc) is 2.16. The fourth-order valence-electron chi connectivity index (χ4n) is 0.882. The van der Waals surface area contributed by atoms with Gasteiger partial charge >= 0.3 is 0 Å².